The Morgan fingerprint density at radius 2 is 2.00 bits per heavy atom. The lowest BCUT2D eigenvalue weighted by molar-refractivity contribution is 0.0964. The summed E-state index contributed by atoms with van der Waals surface area (Å²) in [6.07, 6.45) is 7.14. The van der Waals surface area contributed by atoms with Crippen LogP contribution < -0.4 is 15.5 Å². The fraction of sp³-hybridized carbons (Fsp3) is 0.292. The summed E-state index contributed by atoms with van der Waals surface area (Å²) in [5.41, 5.74) is 2.56. The summed E-state index contributed by atoms with van der Waals surface area (Å²) in [6, 6.07) is 9.72. The van der Waals surface area contributed by atoms with Crippen LogP contribution in [-0.4, -0.2) is 50.5 Å². The number of hydrogen-bond acceptors (Lipinski definition) is 7. The van der Waals surface area contributed by atoms with E-state index in [4.69, 9.17) is 0 Å². The van der Waals surface area contributed by atoms with Gasteiger partial charge in [-0.05, 0) is 11.6 Å². The summed E-state index contributed by atoms with van der Waals surface area (Å²) in [5.74, 6) is 2.75. The monoisotopic (exact) mass is 476 g/mol. The number of amides is 1. The Hall–Kier alpha value is -3.66. The van der Waals surface area contributed by atoms with E-state index in [2.05, 4.69) is 53.0 Å². The molecule has 1 amide bonds. The Kier molecular flexibility index (Phi) is 6.97. The highest BCUT2D eigenvalue weighted by Crippen LogP contribution is 2.27. The normalized spacial score (nSPS) is 13.6. The van der Waals surface area contributed by atoms with Gasteiger partial charge in [0.25, 0.3) is 5.91 Å². The molecule has 1 aromatic carbocycles. The van der Waals surface area contributed by atoms with Crippen LogP contribution in [0.2, 0.25) is 0 Å². The number of benzene rings is 1. The molecule has 0 radical (unpaired) electrons. The number of hydrogen-bond donors (Lipinski definition) is 2. The van der Waals surface area contributed by atoms with Gasteiger partial charge in [-0.25, -0.2) is 15.0 Å². The van der Waals surface area contributed by atoms with Gasteiger partial charge in [-0.15, -0.1) is 0 Å². The van der Waals surface area contributed by atoms with Crippen LogP contribution in [0, 0.1) is 0 Å². The van der Waals surface area contributed by atoms with Gasteiger partial charge in [0.2, 0.25) is 0 Å². The molecule has 0 unspecified atom stereocenters. The Morgan fingerprint density at radius 1 is 1.12 bits per heavy atom. The van der Waals surface area contributed by atoms with E-state index >= 15 is 0 Å². The van der Waals surface area contributed by atoms with Crippen molar-refractivity contribution in [2.75, 3.05) is 30.4 Å². The molecule has 1 aliphatic heterocycles. The number of aromatic nitrogens is 5. The molecule has 0 spiro atoms. The Labute approximate surface area is 205 Å². The second-order valence-corrected chi connectivity index (χ2v) is 8.18. The first-order valence-corrected chi connectivity index (χ1v) is 11.0. The molecule has 0 bridgehead atoms. The molecule has 0 fully saturated rings. The van der Waals surface area contributed by atoms with Crippen LogP contribution in [-0.2, 0) is 13.1 Å². The predicted octanol–water partition coefficient (Wildman–Crippen LogP) is 2.93. The van der Waals surface area contributed by atoms with Crippen molar-refractivity contribution < 1.29 is 4.79 Å². The number of nitrogens with zero attached hydrogens (tertiary/aromatic N) is 6. The summed E-state index contributed by atoms with van der Waals surface area (Å²) in [4.78, 5) is 32.4. The number of carbonyl (C=O) groups excluding carboxylic acids is 1. The molecule has 3 aromatic heterocycles. The van der Waals surface area contributed by atoms with Crippen molar-refractivity contribution in [3.05, 3.63) is 72.2 Å². The first-order chi connectivity index (χ1) is 16.1. The molecular formula is C24H28N8OS. The SMILES string of the molecule is CNC(=O)c1ccnc2c([C@H](C)CNc3cc(N4CCn5ccnc5C4)ncn3)cccc12.S. The van der Waals surface area contributed by atoms with Crippen LogP contribution in [0.25, 0.3) is 10.9 Å². The molecular weight excluding hydrogens is 448 g/mol. The lowest BCUT2D eigenvalue weighted by atomic mass is 9.96. The van der Waals surface area contributed by atoms with Crippen LogP contribution >= 0.6 is 13.5 Å². The Morgan fingerprint density at radius 3 is 2.85 bits per heavy atom. The van der Waals surface area contributed by atoms with E-state index in [0.29, 0.717) is 12.1 Å². The fourth-order valence-corrected chi connectivity index (χ4v) is 4.28. The zero-order valence-corrected chi connectivity index (χ0v) is 20.2. The minimum absolute atomic E-state index is 0. The van der Waals surface area contributed by atoms with Crippen molar-refractivity contribution in [3.8, 4) is 0 Å². The van der Waals surface area contributed by atoms with Crippen LogP contribution in [0.4, 0.5) is 11.6 Å². The molecule has 176 valence electrons. The second-order valence-electron chi connectivity index (χ2n) is 8.18. The molecule has 1 aliphatic rings. The maximum atomic E-state index is 12.3. The minimum atomic E-state index is -0.112. The predicted molar refractivity (Wildman–Crippen MR) is 138 cm³/mol. The number of carbonyl (C=O) groups is 1. The highest BCUT2D eigenvalue weighted by atomic mass is 32.1. The zero-order valence-electron chi connectivity index (χ0n) is 19.2. The molecule has 1 atom stereocenters. The highest BCUT2D eigenvalue weighted by molar-refractivity contribution is 7.59. The molecule has 5 rings (SSSR count). The van der Waals surface area contributed by atoms with Crippen LogP contribution in [0.3, 0.4) is 0 Å². The Bertz CT molecular complexity index is 1310. The number of rotatable bonds is 6. The van der Waals surface area contributed by atoms with Gasteiger partial charge < -0.3 is 20.1 Å². The molecule has 0 saturated heterocycles. The van der Waals surface area contributed by atoms with Crippen molar-refractivity contribution in [2.45, 2.75) is 25.9 Å². The van der Waals surface area contributed by atoms with Gasteiger partial charge in [-0.2, -0.15) is 13.5 Å². The molecule has 10 heteroatoms. The maximum Gasteiger partial charge on any atom is 0.251 e. The summed E-state index contributed by atoms with van der Waals surface area (Å²) < 4.78 is 2.17. The Balaban J connectivity index is 0.00000274. The van der Waals surface area contributed by atoms with E-state index in [-0.39, 0.29) is 25.3 Å². The van der Waals surface area contributed by atoms with Gasteiger partial charge in [-0.3, -0.25) is 9.78 Å². The van der Waals surface area contributed by atoms with Crippen molar-refractivity contribution >= 4 is 41.9 Å². The largest absolute Gasteiger partial charge is 0.369 e. The molecule has 0 aliphatic carbocycles. The summed E-state index contributed by atoms with van der Waals surface area (Å²) in [7, 11) is 1.64. The third kappa shape index (κ3) is 4.54. The van der Waals surface area contributed by atoms with Crippen LogP contribution in [0.1, 0.15) is 34.6 Å². The lowest BCUT2D eigenvalue weighted by Crippen LogP contribution is -2.34. The second kappa shape index (κ2) is 10.1. The van der Waals surface area contributed by atoms with E-state index in [1.165, 1.54) is 0 Å². The van der Waals surface area contributed by atoms with Crippen LogP contribution in [0.15, 0.2) is 55.2 Å². The smallest absolute Gasteiger partial charge is 0.251 e. The highest BCUT2D eigenvalue weighted by Gasteiger charge is 2.19. The van der Waals surface area contributed by atoms with E-state index < -0.39 is 0 Å². The minimum Gasteiger partial charge on any atom is -0.369 e. The average Bonchev–Trinajstić information content (AvgIpc) is 3.34. The molecule has 4 aromatic rings. The standard InChI is InChI=1S/C24H26N8O.H2S/c1-16(17-4-3-5-18-19(24(33)25-2)6-7-27-23(17)18)13-28-20-12-21(30-15-29-20)32-11-10-31-9-8-26-22(31)14-32;/h3-9,12,15-16H,10-11,13-14H2,1-2H3,(H,25,33)(H,28,29,30);1H2/t16-;/m1./s1. The molecule has 9 nitrogen and oxygen atoms in total. The van der Waals surface area contributed by atoms with Gasteiger partial charge in [0.15, 0.2) is 0 Å². The molecule has 4 heterocycles. The van der Waals surface area contributed by atoms with E-state index in [1.54, 1.807) is 25.6 Å². The number of para-hydroxylation sites is 1. The van der Waals surface area contributed by atoms with E-state index in [0.717, 1.165) is 53.6 Å². The van der Waals surface area contributed by atoms with Gasteiger partial charge >= 0.3 is 0 Å². The van der Waals surface area contributed by atoms with Gasteiger partial charge in [-0.1, -0.05) is 25.1 Å². The fourth-order valence-electron chi connectivity index (χ4n) is 4.28. The zero-order chi connectivity index (χ0) is 22.8. The summed E-state index contributed by atoms with van der Waals surface area (Å²) >= 11 is 0. The van der Waals surface area contributed by atoms with Crippen LogP contribution in [0.5, 0.6) is 0 Å². The summed E-state index contributed by atoms with van der Waals surface area (Å²) in [5, 5.41) is 7.00. The van der Waals surface area contributed by atoms with Crippen molar-refractivity contribution in [2.24, 2.45) is 0 Å². The van der Waals surface area contributed by atoms with E-state index in [1.807, 2.05) is 30.6 Å². The molecule has 0 saturated carbocycles. The number of pyridine rings is 1. The van der Waals surface area contributed by atoms with Gasteiger partial charge in [0.1, 0.15) is 23.8 Å². The topological polar surface area (TPSA) is 101 Å². The third-order valence-corrected chi connectivity index (χ3v) is 6.12. The summed E-state index contributed by atoms with van der Waals surface area (Å²) in [6.45, 7) is 5.32. The van der Waals surface area contributed by atoms with Crippen molar-refractivity contribution in [1.29, 1.82) is 0 Å². The lowest BCUT2D eigenvalue weighted by Gasteiger charge is -2.28. The van der Waals surface area contributed by atoms with Gasteiger partial charge in [0.05, 0.1) is 17.6 Å². The number of nitrogens with one attached hydrogen (secondary N) is 2. The average molecular weight is 477 g/mol. The number of anilines is 2. The maximum absolute atomic E-state index is 12.3. The van der Waals surface area contributed by atoms with Gasteiger partial charge in [0, 0.05) is 62.6 Å². The first kappa shape index (κ1) is 23.5. The van der Waals surface area contributed by atoms with E-state index in [9.17, 15) is 4.79 Å². The van der Waals surface area contributed by atoms with Crippen molar-refractivity contribution in [1.82, 2.24) is 29.8 Å². The number of fused-ring (bicyclic) bond motifs is 2. The molecule has 34 heavy (non-hydrogen) atoms. The number of imidazole rings is 1. The molecule has 2 N–H and O–H groups in total. The quantitative estimate of drug-likeness (QED) is 0.441. The van der Waals surface area contributed by atoms with Crippen molar-refractivity contribution in [3.63, 3.8) is 0 Å². The third-order valence-electron chi connectivity index (χ3n) is 6.12. The first-order valence-electron chi connectivity index (χ1n) is 11.0.